The van der Waals surface area contributed by atoms with Gasteiger partial charge in [0.1, 0.15) is 5.82 Å². The molecule has 0 aliphatic carbocycles. The molecule has 5 nitrogen and oxygen atoms in total. The van der Waals surface area contributed by atoms with Crippen LogP contribution in [0.15, 0.2) is 48.5 Å². The van der Waals surface area contributed by atoms with Crippen molar-refractivity contribution in [2.45, 2.75) is 6.10 Å². The summed E-state index contributed by atoms with van der Waals surface area (Å²) < 4.78 is 12.8. The van der Waals surface area contributed by atoms with E-state index < -0.39 is 12.1 Å². The maximum Gasteiger partial charge on any atom is 0.319 e. The Bertz CT molecular complexity index is 642. The molecule has 0 heterocycles. The van der Waals surface area contributed by atoms with Crippen LogP contribution in [0.3, 0.4) is 0 Å². The summed E-state index contributed by atoms with van der Waals surface area (Å²) >= 11 is 0. The Morgan fingerprint density at radius 2 is 1.74 bits per heavy atom. The zero-order valence-electron chi connectivity index (χ0n) is 13.1. The number of benzene rings is 2. The van der Waals surface area contributed by atoms with Crippen molar-refractivity contribution in [3.05, 3.63) is 59.9 Å². The van der Waals surface area contributed by atoms with E-state index in [-0.39, 0.29) is 12.4 Å². The molecule has 0 radical (unpaired) electrons. The van der Waals surface area contributed by atoms with Gasteiger partial charge in [0, 0.05) is 32.0 Å². The first-order valence-corrected chi connectivity index (χ1v) is 7.21. The number of aliphatic hydroxyl groups excluding tert-OH is 1. The van der Waals surface area contributed by atoms with E-state index in [1.165, 1.54) is 24.3 Å². The van der Waals surface area contributed by atoms with Crippen molar-refractivity contribution < 1.29 is 14.3 Å². The Balaban J connectivity index is 1.83. The van der Waals surface area contributed by atoms with Crippen LogP contribution in [0.25, 0.3) is 0 Å². The summed E-state index contributed by atoms with van der Waals surface area (Å²) in [5.41, 5.74) is 2.23. The summed E-state index contributed by atoms with van der Waals surface area (Å²) in [4.78, 5) is 13.8. The Kier molecular flexibility index (Phi) is 5.54. The molecule has 0 bridgehead atoms. The molecule has 1 unspecified atom stereocenters. The van der Waals surface area contributed by atoms with Gasteiger partial charge in [0.15, 0.2) is 0 Å². The zero-order chi connectivity index (χ0) is 16.8. The number of halogens is 1. The number of carbonyl (C=O) groups excluding carboxylic acids is 1. The van der Waals surface area contributed by atoms with Gasteiger partial charge in [0.25, 0.3) is 0 Å². The molecule has 2 aromatic carbocycles. The van der Waals surface area contributed by atoms with Gasteiger partial charge in [-0.15, -0.1) is 0 Å². The quantitative estimate of drug-likeness (QED) is 0.794. The highest BCUT2D eigenvalue weighted by molar-refractivity contribution is 5.89. The van der Waals surface area contributed by atoms with Gasteiger partial charge < -0.3 is 20.6 Å². The van der Waals surface area contributed by atoms with Crippen LogP contribution in [-0.4, -0.2) is 31.8 Å². The number of hydrogen-bond donors (Lipinski definition) is 3. The first-order chi connectivity index (χ1) is 11.0. The van der Waals surface area contributed by atoms with Crippen LogP contribution in [0.1, 0.15) is 11.7 Å². The maximum absolute atomic E-state index is 12.8. The van der Waals surface area contributed by atoms with E-state index in [1.807, 2.05) is 31.1 Å². The molecule has 6 heteroatoms. The molecule has 23 heavy (non-hydrogen) atoms. The molecule has 0 saturated carbocycles. The summed E-state index contributed by atoms with van der Waals surface area (Å²) in [7, 11) is 3.87. The molecule has 3 N–H and O–H groups in total. The van der Waals surface area contributed by atoms with Gasteiger partial charge in [-0.3, -0.25) is 0 Å². The van der Waals surface area contributed by atoms with Crippen LogP contribution >= 0.6 is 0 Å². The van der Waals surface area contributed by atoms with E-state index in [4.69, 9.17) is 0 Å². The second kappa shape index (κ2) is 7.60. The first kappa shape index (κ1) is 16.8. The summed E-state index contributed by atoms with van der Waals surface area (Å²) in [6, 6.07) is 12.5. The third-order valence-corrected chi connectivity index (χ3v) is 3.35. The van der Waals surface area contributed by atoms with Gasteiger partial charge in [0.2, 0.25) is 0 Å². The summed E-state index contributed by atoms with van der Waals surface area (Å²) in [6.07, 6.45) is -0.891. The molecule has 2 aromatic rings. The van der Waals surface area contributed by atoms with Crippen LogP contribution in [0.4, 0.5) is 20.6 Å². The average molecular weight is 317 g/mol. The zero-order valence-corrected chi connectivity index (χ0v) is 13.1. The smallest absolute Gasteiger partial charge is 0.319 e. The molecular weight excluding hydrogens is 297 g/mol. The number of nitrogens with zero attached hydrogens (tertiary/aromatic N) is 1. The summed E-state index contributed by atoms with van der Waals surface area (Å²) in [5, 5.41) is 15.2. The van der Waals surface area contributed by atoms with Gasteiger partial charge in [0.05, 0.1) is 6.10 Å². The molecular formula is C17H20FN3O2. The lowest BCUT2D eigenvalue weighted by atomic mass is 10.1. The minimum atomic E-state index is -0.891. The molecule has 0 aliphatic heterocycles. The lowest BCUT2D eigenvalue weighted by Gasteiger charge is -2.14. The highest BCUT2D eigenvalue weighted by atomic mass is 19.1. The highest BCUT2D eigenvalue weighted by Crippen LogP contribution is 2.16. The summed E-state index contributed by atoms with van der Waals surface area (Å²) in [5.74, 6) is -0.368. The Labute approximate surface area is 134 Å². The fourth-order valence-corrected chi connectivity index (χ4v) is 2.01. The third-order valence-electron chi connectivity index (χ3n) is 3.35. The largest absolute Gasteiger partial charge is 0.387 e. The second-order valence-corrected chi connectivity index (χ2v) is 5.34. The number of anilines is 2. The number of nitrogens with one attached hydrogen (secondary N) is 2. The number of hydrogen-bond acceptors (Lipinski definition) is 3. The molecule has 0 aromatic heterocycles. The topological polar surface area (TPSA) is 64.6 Å². The predicted molar refractivity (Wildman–Crippen MR) is 89.2 cm³/mol. The van der Waals surface area contributed by atoms with Crippen LogP contribution in [0.5, 0.6) is 0 Å². The van der Waals surface area contributed by atoms with Gasteiger partial charge in [-0.2, -0.15) is 0 Å². The molecule has 2 rings (SSSR count). The van der Waals surface area contributed by atoms with E-state index in [1.54, 1.807) is 12.1 Å². The number of urea groups is 1. The molecule has 0 fully saturated rings. The fraction of sp³-hybridized carbons (Fsp3) is 0.235. The van der Waals surface area contributed by atoms with Gasteiger partial charge in [-0.1, -0.05) is 12.1 Å². The van der Waals surface area contributed by atoms with Crippen LogP contribution in [-0.2, 0) is 0 Å². The van der Waals surface area contributed by atoms with E-state index in [0.717, 1.165) is 5.69 Å². The molecule has 0 spiro atoms. The van der Waals surface area contributed by atoms with Crippen LogP contribution in [0.2, 0.25) is 0 Å². The molecule has 0 saturated heterocycles. The molecule has 0 aliphatic rings. The lowest BCUT2D eigenvalue weighted by molar-refractivity contribution is 0.175. The van der Waals surface area contributed by atoms with Crippen molar-refractivity contribution in [1.82, 2.24) is 5.32 Å². The minimum Gasteiger partial charge on any atom is -0.387 e. The fourth-order valence-electron chi connectivity index (χ4n) is 2.01. The van der Waals surface area contributed by atoms with Gasteiger partial charge in [-0.05, 0) is 42.0 Å². The standard InChI is InChI=1S/C17H20FN3O2/c1-21(2)15-9-7-14(8-10-15)20-17(23)19-11-16(22)12-3-5-13(18)6-4-12/h3-10,16,22H,11H2,1-2H3,(H2,19,20,23). The second-order valence-electron chi connectivity index (χ2n) is 5.34. The van der Waals surface area contributed by atoms with E-state index in [2.05, 4.69) is 10.6 Å². The monoisotopic (exact) mass is 317 g/mol. The number of aliphatic hydroxyl groups is 1. The van der Waals surface area contributed by atoms with Crippen LogP contribution < -0.4 is 15.5 Å². The third kappa shape index (κ3) is 4.96. The van der Waals surface area contributed by atoms with Gasteiger partial charge in [-0.25, -0.2) is 9.18 Å². The maximum atomic E-state index is 12.8. The Morgan fingerprint density at radius 1 is 1.13 bits per heavy atom. The number of carbonyl (C=O) groups is 1. The van der Waals surface area contributed by atoms with E-state index in [9.17, 15) is 14.3 Å². The Morgan fingerprint density at radius 3 is 2.30 bits per heavy atom. The molecule has 1 atom stereocenters. The van der Waals surface area contributed by atoms with Crippen molar-refractivity contribution in [3.63, 3.8) is 0 Å². The van der Waals surface area contributed by atoms with Crippen molar-refractivity contribution in [2.75, 3.05) is 30.9 Å². The molecule has 122 valence electrons. The normalized spacial score (nSPS) is 11.7. The summed E-state index contributed by atoms with van der Waals surface area (Å²) in [6.45, 7) is 0.0350. The highest BCUT2D eigenvalue weighted by Gasteiger charge is 2.09. The Hall–Kier alpha value is -2.60. The van der Waals surface area contributed by atoms with Crippen molar-refractivity contribution in [3.8, 4) is 0 Å². The van der Waals surface area contributed by atoms with Crippen molar-refractivity contribution >= 4 is 17.4 Å². The van der Waals surface area contributed by atoms with E-state index in [0.29, 0.717) is 11.3 Å². The van der Waals surface area contributed by atoms with Crippen molar-refractivity contribution in [2.24, 2.45) is 0 Å². The number of rotatable bonds is 5. The van der Waals surface area contributed by atoms with Crippen LogP contribution in [0, 0.1) is 5.82 Å². The number of amides is 2. The average Bonchev–Trinajstić information content (AvgIpc) is 2.54. The van der Waals surface area contributed by atoms with Gasteiger partial charge >= 0.3 is 6.03 Å². The SMILES string of the molecule is CN(C)c1ccc(NC(=O)NCC(O)c2ccc(F)cc2)cc1. The predicted octanol–water partition coefficient (Wildman–Crippen LogP) is 2.75. The first-order valence-electron chi connectivity index (χ1n) is 7.21. The van der Waals surface area contributed by atoms with E-state index >= 15 is 0 Å². The van der Waals surface area contributed by atoms with Crippen molar-refractivity contribution in [1.29, 1.82) is 0 Å². The lowest BCUT2D eigenvalue weighted by Crippen LogP contribution is -2.32. The minimum absolute atomic E-state index is 0.0350. The molecule has 2 amide bonds.